The van der Waals surface area contributed by atoms with Gasteiger partial charge in [0.25, 0.3) is 0 Å². The number of carbonyl (C=O) groups is 2. The van der Waals surface area contributed by atoms with Crippen molar-refractivity contribution in [1.29, 1.82) is 0 Å². The van der Waals surface area contributed by atoms with Gasteiger partial charge in [0.1, 0.15) is 5.75 Å². The van der Waals surface area contributed by atoms with E-state index in [1.165, 1.54) is 0 Å². The molecule has 0 saturated heterocycles. The maximum atomic E-state index is 11.6. The number of esters is 1. The Hall–Kier alpha value is -2.48. The first-order valence-corrected chi connectivity index (χ1v) is 8.08. The molecule has 1 aromatic carbocycles. The first-order chi connectivity index (χ1) is 12.2. The largest absolute Gasteiger partial charge is 0.495 e. The summed E-state index contributed by atoms with van der Waals surface area (Å²) in [6.07, 6.45) is 3.32. The van der Waals surface area contributed by atoms with E-state index < -0.39 is 5.97 Å². The minimum atomic E-state index is -0.914. The molecule has 0 saturated carbocycles. The third kappa shape index (κ3) is 3.85. The van der Waals surface area contributed by atoms with Crippen molar-refractivity contribution in [3.63, 3.8) is 0 Å². The zero-order valence-corrected chi connectivity index (χ0v) is 15.2. The molecule has 0 N–H and O–H groups in total. The van der Waals surface area contributed by atoms with Crippen LogP contribution in [0.3, 0.4) is 0 Å². The van der Waals surface area contributed by atoms with Gasteiger partial charge in [-0.25, -0.2) is 4.79 Å². The Balaban J connectivity index is 0.00000243. The van der Waals surface area contributed by atoms with Crippen molar-refractivity contribution in [3.05, 3.63) is 65.4 Å². The number of hydrogen-bond donors (Lipinski definition) is 0. The smallest absolute Gasteiger partial charge is 0.377 e. The van der Waals surface area contributed by atoms with Crippen molar-refractivity contribution in [2.24, 2.45) is 0 Å². The molecule has 129 valence electrons. The van der Waals surface area contributed by atoms with Gasteiger partial charge in [-0.2, -0.15) is 0 Å². The molecule has 0 aliphatic rings. The van der Waals surface area contributed by atoms with Gasteiger partial charge in [-0.05, 0) is 36.1 Å². The van der Waals surface area contributed by atoms with Crippen LogP contribution in [0.4, 0.5) is 0 Å². The number of ether oxygens (including phenoxy) is 2. The van der Waals surface area contributed by atoms with E-state index in [9.17, 15) is 9.59 Å². The fraction of sp³-hybridized carbons (Fsp3) is 0.200. The number of carbonyl (C=O) groups excluding carboxylic acids is 2. The number of hydrogen-bond acceptors (Lipinski definition) is 4. The molecule has 1 radical (unpaired) electrons. The molecule has 6 heteroatoms. The van der Waals surface area contributed by atoms with Crippen LogP contribution in [0.1, 0.15) is 23.6 Å². The molecule has 26 heavy (non-hydrogen) atoms. The molecule has 2 aromatic heterocycles. The van der Waals surface area contributed by atoms with Gasteiger partial charge in [0.05, 0.1) is 18.8 Å². The Morgan fingerprint density at radius 1 is 1.12 bits per heavy atom. The van der Waals surface area contributed by atoms with Crippen LogP contribution in [0.25, 0.3) is 5.52 Å². The molecule has 2 heterocycles. The topological polar surface area (TPSA) is 57.0 Å². The Morgan fingerprint density at radius 2 is 1.85 bits per heavy atom. The average molecular weight is 344 g/mol. The van der Waals surface area contributed by atoms with Crippen LogP contribution in [-0.4, -0.2) is 42.6 Å². The summed E-state index contributed by atoms with van der Waals surface area (Å²) in [5, 5.41) is 0. The summed E-state index contributed by atoms with van der Waals surface area (Å²) < 4.78 is 12.4. The van der Waals surface area contributed by atoms with E-state index in [1.54, 1.807) is 17.7 Å². The van der Waals surface area contributed by atoms with Crippen LogP contribution >= 0.6 is 0 Å². The third-order valence-corrected chi connectivity index (χ3v) is 4.18. The Labute approximate surface area is 164 Å². The predicted octanol–water partition coefficient (Wildman–Crippen LogP) is 2.82. The molecular weight excluding hydrogens is 325 g/mol. The standard InChI is InChI=1S/C20H19NO4.Li/c1-3-16-17(11-14-7-5-4-6-8-14)18-10-9-15(24-2)12-21(18)20(16)25-19(23)13-22;/h4-10,12-13H,3,11H2,1-2H3;. The van der Waals surface area contributed by atoms with Crippen molar-refractivity contribution >= 4 is 36.6 Å². The predicted molar refractivity (Wildman–Crippen MR) is 100 cm³/mol. The number of fused-ring (bicyclic) bond motifs is 1. The number of aldehydes is 1. The Bertz CT molecular complexity index is 918. The summed E-state index contributed by atoms with van der Waals surface area (Å²) >= 11 is 0. The van der Waals surface area contributed by atoms with Crippen LogP contribution < -0.4 is 9.47 Å². The minimum Gasteiger partial charge on any atom is -0.495 e. The minimum absolute atomic E-state index is 0. The SMILES string of the molecule is CCc1c(Cc2ccccc2)c2ccc(OC)cn2c1OC(=O)C=O.[Li]. The number of benzene rings is 1. The molecule has 0 unspecified atom stereocenters. The molecule has 0 aliphatic carbocycles. The van der Waals surface area contributed by atoms with Crippen LogP contribution in [-0.2, 0) is 22.4 Å². The summed E-state index contributed by atoms with van der Waals surface area (Å²) in [4.78, 5) is 22.3. The van der Waals surface area contributed by atoms with Crippen molar-refractivity contribution in [2.45, 2.75) is 19.8 Å². The fourth-order valence-electron chi connectivity index (χ4n) is 3.04. The summed E-state index contributed by atoms with van der Waals surface area (Å²) in [6.45, 7) is 2.00. The number of nitrogens with zero attached hydrogens (tertiary/aromatic N) is 1. The molecule has 5 nitrogen and oxygen atoms in total. The van der Waals surface area contributed by atoms with Gasteiger partial charge in [0.15, 0.2) is 0 Å². The van der Waals surface area contributed by atoms with Gasteiger partial charge in [-0.3, -0.25) is 9.20 Å². The molecule has 3 aromatic rings. The molecule has 3 rings (SSSR count). The maximum Gasteiger partial charge on any atom is 0.377 e. The van der Waals surface area contributed by atoms with Crippen LogP contribution in [0, 0.1) is 0 Å². The monoisotopic (exact) mass is 344 g/mol. The number of rotatable bonds is 6. The Morgan fingerprint density at radius 3 is 2.46 bits per heavy atom. The van der Waals surface area contributed by atoms with E-state index >= 15 is 0 Å². The van der Waals surface area contributed by atoms with E-state index in [0.717, 1.165) is 22.2 Å². The zero-order chi connectivity index (χ0) is 17.8. The molecule has 0 atom stereocenters. The number of methoxy groups -OCH3 is 1. The van der Waals surface area contributed by atoms with E-state index in [2.05, 4.69) is 12.1 Å². The average Bonchev–Trinajstić information content (AvgIpc) is 2.94. The third-order valence-electron chi connectivity index (χ3n) is 4.18. The number of aromatic nitrogens is 1. The second kappa shape index (κ2) is 8.75. The van der Waals surface area contributed by atoms with Crippen LogP contribution in [0.2, 0.25) is 0 Å². The zero-order valence-electron chi connectivity index (χ0n) is 15.2. The van der Waals surface area contributed by atoms with Gasteiger partial charge < -0.3 is 9.47 Å². The normalized spacial score (nSPS) is 10.2. The molecule has 0 amide bonds. The maximum absolute atomic E-state index is 11.6. The van der Waals surface area contributed by atoms with E-state index in [1.807, 2.05) is 37.3 Å². The van der Waals surface area contributed by atoms with Crippen molar-refractivity contribution in [3.8, 4) is 11.6 Å². The van der Waals surface area contributed by atoms with E-state index in [-0.39, 0.29) is 25.1 Å². The van der Waals surface area contributed by atoms with Crippen molar-refractivity contribution in [2.75, 3.05) is 7.11 Å². The Kier molecular flexibility index (Phi) is 6.68. The fourth-order valence-corrected chi connectivity index (χ4v) is 3.04. The van der Waals surface area contributed by atoms with Crippen LogP contribution in [0.5, 0.6) is 11.6 Å². The second-order valence-corrected chi connectivity index (χ2v) is 5.64. The van der Waals surface area contributed by atoms with Crippen LogP contribution in [0.15, 0.2) is 48.7 Å². The first kappa shape index (κ1) is 19.8. The van der Waals surface area contributed by atoms with E-state index in [4.69, 9.17) is 9.47 Å². The van der Waals surface area contributed by atoms with Crippen molar-refractivity contribution < 1.29 is 19.1 Å². The molecule has 0 spiro atoms. The summed E-state index contributed by atoms with van der Waals surface area (Å²) in [6, 6.07) is 13.9. The molecule has 0 bridgehead atoms. The summed E-state index contributed by atoms with van der Waals surface area (Å²) in [5.41, 5.74) is 4.07. The quantitative estimate of drug-likeness (QED) is 0.299. The van der Waals surface area contributed by atoms with Gasteiger partial charge in [-0.1, -0.05) is 37.3 Å². The summed E-state index contributed by atoms with van der Waals surface area (Å²) in [7, 11) is 1.58. The van der Waals surface area contributed by atoms with Gasteiger partial charge in [0, 0.05) is 24.4 Å². The number of pyridine rings is 1. The molecular formula is C20H19LiNO4. The molecule has 0 fully saturated rings. The van der Waals surface area contributed by atoms with Gasteiger partial charge in [-0.15, -0.1) is 0 Å². The molecule has 0 aliphatic heterocycles. The van der Waals surface area contributed by atoms with Gasteiger partial charge >= 0.3 is 5.97 Å². The second-order valence-electron chi connectivity index (χ2n) is 5.64. The summed E-state index contributed by atoms with van der Waals surface area (Å²) in [5.74, 6) is 0.0995. The van der Waals surface area contributed by atoms with Gasteiger partial charge in [0.2, 0.25) is 12.2 Å². The van der Waals surface area contributed by atoms with Crippen molar-refractivity contribution in [1.82, 2.24) is 4.40 Å². The first-order valence-electron chi connectivity index (χ1n) is 8.08. The van der Waals surface area contributed by atoms with E-state index in [0.29, 0.717) is 24.5 Å².